The lowest BCUT2D eigenvalue weighted by molar-refractivity contribution is -0.137. The van der Waals surface area contributed by atoms with Gasteiger partial charge in [-0.3, -0.25) is 4.79 Å². The zero-order valence-electron chi connectivity index (χ0n) is 13.4. The minimum Gasteiger partial charge on any atom is -0.321 e. The fourth-order valence-corrected chi connectivity index (χ4v) is 2.33. The maximum atomic E-state index is 13.0. The van der Waals surface area contributed by atoms with Crippen LogP contribution in [0.15, 0.2) is 48.5 Å². The van der Waals surface area contributed by atoms with Gasteiger partial charge < -0.3 is 5.32 Å². The number of carbonyl (C=O) groups is 1. The van der Waals surface area contributed by atoms with Crippen molar-refractivity contribution in [2.24, 2.45) is 0 Å². The van der Waals surface area contributed by atoms with E-state index in [4.69, 9.17) is 0 Å². The van der Waals surface area contributed by atoms with Crippen LogP contribution in [-0.2, 0) is 6.18 Å². The van der Waals surface area contributed by atoms with Crippen molar-refractivity contribution >= 4 is 11.6 Å². The standard InChI is InChI=1S/C17H12F4N4O/c1-10-15(23-24-25(10)14-7-5-12(18)6-8-14)16(26)22-13-4-2-3-11(9-13)17(19,20)21/h2-9H,1H3,(H,22,26). The highest BCUT2D eigenvalue weighted by Crippen LogP contribution is 2.30. The zero-order valence-corrected chi connectivity index (χ0v) is 13.4. The summed E-state index contributed by atoms with van der Waals surface area (Å²) in [6.07, 6.45) is -4.51. The second-order valence-corrected chi connectivity index (χ2v) is 5.44. The third kappa shape index (κ3) is 3.56. The van der Waals surface area contributed by atoms with Gasteiger partial charge in [0.2, 0.25) is 0 Å². The number of aromatic nitrogens is 3. The van der Waals surface area contributed by atoms with Crippen LogP contribution in [0, 0.1) is 12.7 Å². The lowest BCUT2D eigenvalue weighted by Crippen LogP contribution is -2.15. The summed E-state index contributed by atoms with van der Waals surface area (Å²) in [5.74, 6) is -1.12. The summed E-state index contributed by atoms with van der Waals surface area (Å²) in [5.41, 5.74) is -0.0788. The molecule has 0 fully saturated rings. The van der Waals surface area contributed by atoms with Crippen molar-refractivity contribution in [3.8, 4) is 5.69 Å². The number of carbonyl (C=O) groups excluding carboxylic acids is 1. The van der Waals surface area contributed by atoms with E-state index < -0.39 is 23.5 Å². The summed E-state index contributed by atoms with van der Waals surface area (Å²) in [6.45, 7) is 1.57. The highest BCUT2D eigenvalue weighted by Gasteiger charge is 2.30. The topological polar surface area (TPSA) is 59.8 Å². The number of amides is 1. The predicted octanol–water partition coefficient (Wildman–Crippen LogP) is 3.99. The Kier molecular flexibility index (Phi) is 4.45. The Labute approximate surface area is 145 Å². The molecule has 0 saturated carbocycles. The van der Waals surface area contributed by atoms with Crippen molar-refractivity contribution in [1.82, 2.24) is 15.0 Å². The lowest BCUT2D eigenvalue weighted by Gasteiger charge is -2.09. The van der Waals surface area contributed by atoms with Crippen LogP contribution in [0.2, 0.25) is 0 Å². The molecule has 1 amide bonds. The van der Waals surface area contributed by atoms with Gasteiger partial charge in [-0.25, -0.2) is 9.07 Å². The smallest absolute Gasteiger partial charge is 0.321 e. The van der Waals surface area contributed by atoms with Crippen LogP contribution in [0.5, 0.6) is 0 Å². The molecule has 5 nitrogen and oxygen atoms in total. The zero-order chi connectivity index (χ0) is 18.9. The normalized spacial score (nSPS) is 11.4. The number of nitrogens with one attached hydrogen (secondary N) is 1. The maximum absolute atomic E-state index is 13.0. The first kappa shape index (κ1) is 17.6. The van der Waals surface area contributed by atoms with Crippen LogP contribution < -0.4 is 5.32 Å². The first-order valence-corrected chi connectivity index (χ1v) is 7.42. The van der Waals surface area contributed by atoms with Gasteiger partial charge in [0, 0.05) is 5.69 Å². The molecule has 134 valence electrons. The Hall–Kier alpha value is -3.23. The molecule has 0 spiro atoms. The summed E-state index contributed by atoms with van der Waals surface area (Å²) in [6, 6.07) is 9.67. The Morgan fingerprint density at radius 2 is 1.81 bits per heavy atom. The number of hydrogen-bond donors (Lipinski definition) is 1. The molecule has 26 heavy (non-hydrogen) atoms. The summed E-state index contributed by atoms with van der Waals surface area (Å²) in [4.78, 5) is 12.3. The third-order valence-electron chi connectivity index (χ3n) is 3.63. The van der Waals surface area contributed by atoms with E-state index in [9.17, 15) is 22.4 Å². The van der Waals surface area contributed by atoms with E-state index in [1.165, 1.54) is 41.1 Å². The molecule has 1 heterocycles. The molecule has 0 radical (unpaired) electrons. The molecular formula is C17H12F4N4O. The molecule has 9 heteroatoms. The number of anilines is 1. The van der Waals surface area contributed by atoms with Crippen LogP contribution in [0.3, 0.4) is 0 Å². The quantitative estimate of drug-likeness (QED) is 0.715. The molecule has 1 aromatic heterocycles. The van der Waals surface area contributed by atoms with E-state index >= 15 is 0 Å². The van der Waals surface area contributed by atoms with Gasteiger partial charge in [-0.1, -0.05) is 11.3 Å². The van der Waals surface area contributed by atoms with Crippen molar-refractivity contribution in [2.75, 3.05) is 5.32 Å². The third-order valence-corrected chi connectivity index (χ3v) is 3.63. The van der Waals surface area contributed by atoms with Crippen molar-refractivity contribution in [1.29, 1.82) is 0 Å². The number of halogens is 4. The van der Waals surface area contributed by atoms with E-state index in [2.05, 4.69) is 15.6 Å². The number of alkyl halides is 3. The second kappa shape index (κ2) is 6.58. The monoisotopic (exact) mass is 364 g/mol. The molecule has 3 aromatic rings. The molecule has 3 rings (SSSR count). The first-order chi connectivity index (χ1) is 12.3. The van der Waals surface area contributed by atoms with Gasteiger partial charge in [0.05, 0.1) is 16.9 Å². The average Bonchev–Trinajstić information content (AvgIpc) is 2.97. The molecule has 2 aromatic carbocycles. The number of hydrogen-bond acceptors (Lipinski definition) is 3. The largest absolute Gasteiger partial charge is 0.416 e. The highest BCUT2D eigenvalue weighted by molar-refractivity contribution is 6.03. The molecule has 0 aliphatic carbocycles. The predicted molar refractivity (Wildman–Crippen MR) is 85.5 cm³/mol. The van der Waals surface area contributed by atoms with Crippen molar-refractivity contribution in [2.45, 2.75) is 13.1 Å². The minimum absolute atomic E-state index is 0.0134. The van der Waals surface area contributed by atoms with Crippen molar-refractivity contribution < 1.29 is 22.4 Å². The molecule has 0 aliphatic rings. The molecule has 0 bridgehead atoms. The van der Waals surface area contributed by atoms with Crippen LogP contribution >= 0.6 is 0 Å². The first-order valence-electron chi connectivity index (χ1n) is 7.42. The van der Waals surface area contributed by atoms with Gasteiger partial charge in [0.25, 0.3) is 5.91 Å². The summed E-state index contributed by atoms with van der Waals surface area (Å²) < 4.78 is 52.6. The van der Waals surface area contributed by atoms with E-state index in [1.54, 1.807) is 6.92 Å². The van der Waals surface area contributed by atoms with Gasteiger partial charge in [-0.05, 0) is 49.4 Å². The van der Waals surface area contributed by atoms with Gasteiger partial charge in [0.15, 0.2) is 5.69 Å². The maximum Gasteiger partial charge on any atom is 0.416 e. The van der Waals surface area contributed by atoms with Gasteiger partial charge in [0.1, 0.15) is 5.82 Å². The number of benzene rings is 2. The molecule has 0 aliphatic heterocycles. The Bertz CT molecular complexity index is 948. The fourth-order valence-electron chi connectivity index (χ4n) is 2.33. The van der Waals surface area contributed by atoms with Crippen LogP contribution in [0.25, 0.3) is 5.69 Å². The van der Waals surface area contributed by atoms with E-state index in [0.29, 0.717) is 11.4 Å². The van der Waals surface area contributed by atoms with Crippen molar-refractivity contribution in [3.05, 3.63) is 71.3 Å². The fraction of sp³-hybridized carbons (Fsp3) is 0.118. The Morgan fingerprint density at radius 1 is 1.12 bits per heavy atom. The lowest BCUT2D eigenvalue weighted by atomic mass is 10.2. The van der Waals surface area contributed by atoms with E-state index in [-0.39, 0.29) is 11.4 Å². The SMILES string of the molecule is Cc1c(C(=O)Nc2cccc(C(F)(F)F)c2)nnn1-c1ccc(F)cc1. The second-order valence-electron chi connectivity index (χ2n) is 5.44. The molecule has 0 unspecified atom stereocenters. The average molecular weight is 364 g/mol. The summed E-state index contributed by atoms with van der Waals surface area (Å²) in [5, 5.41) is 9.98. The summed E-state index contributed by atoms with van der Waals surface area (Å²) >= 11 is 0. The van der Waals surface area contributed by atoms with E-state index in [1.807, 2.05) is 0 Å². The Morgan fingerprint density at radius 3 is 2.46 bits per heavy atom. The van der Waals surface area contributed by atoms with Crippen LogP contribution in [0.4, 0.5) is 23.2 Å². The van der Waals surface area contributed by atoms with Gasteiger partial charge >= 0.3 is 6.18 Å². The Balaban J connectivity index is 1.84. The van der Waals surface area contributed by atoms with Gasteiger partial charge in [-0.2, -0.15) is 13.2 Å². The van der Waals surface area contributed by atoms with E-state index in [0.717, 1.165) is 12.1 Å². The molecule has 1 N–H and O–H groups in total. The summed E-state index contributed by atoms with van der Waals surface area (Å²) in [7, 11) is 0. The highest BCUT2D eigenvalue weighted by atomic mass is 19.4. The van der Waals surface area contributed by atoms with Gasteiger partial charge in [-0.15, -0.1) is 5.10 Å². The van der Waals surface area contributed by atoms with Crippen LogP contribution in [0.1, 0.15) is 21.7 Å². The molecular weight excluding hydrogens is 352 g/mol. The molecule has 0 atom stereocenters. The molecule has 0 saturated heterocycles. The minimum atomic E-state index is -4.51. The number of nitrogens with zero attached hydrogens (tertiary/aromatic N) is 3. The van der Waals surface area contributed by atoms with Crippen molar-refractivity contribution in [3.63, 3.8) is 0 Å². The number of rotatable bonds is 3. The van der Waals surface area contributed by atoms with Crippen LogP contribution in [-0.4, -0.2) is 20.9 Å².